The van der Waals surface area contributed by atoms with Crippen molar-refractivity contribution in [1.82, 2.24) is 10.3 Å². The maximum absolute atomic E-state index is 12.0. The second kappa shape index (κ2) is 7.44. The number of nitrogens with one attached hydrogen (secondary N) is 3. The Kier molecular flexibility index (Phi) is 5.56. The van der Waals surface area contributed by atoms with Gasteiger partial charge >= 0.3 is 6.03 Å². The molecule has 1 aromatic carbocycles. The summed E-state index contributed by atoms with van der Waals surface area (Å²) in [6, 6.07) is 7.32. The minimum absolute atomic E-state index is 0.0666. The van der Waals surface area contributed by atoms with Crippen LogP contribution >= 0.6 is 11.3 Å². The molecule has 3 N–H and O–H groups in total. The van der Waals surface area contributed by atoms with Crippen LogP contribution in [0.1, 0.15) is 43.7 Å². The summed E-state index contributed by atoms with van der Waals surface area (Å²) >= 11 is 1.20. The second-order valence-corrected chi connectivity index (χ2v) is 7.16. The number of hydrogen-bond acceptors (Lipinski definition) is 4. The maximum atomic E-state index is 12.0. The first-order valence-corrected chi connectivity index (χ1v) is 8.60. The first-order valence-electron chi connectivity index (χ1n) is 7.72. The Balaban J connectivity index is 1.95. The average Bonchev–Trinajstić information content (AvgIpc) is 2.95. The van der Waals surface area contributed by atoms with Crippen molar-refractivity contribution in [2.45, 2.75) is 33.1 Å². The van der Waals surface area contributed by atoms with Crippen molar-refractivity contribution in [3.63, 3.8) is 0 Å². The van der Waals surface area contributed by atoms with Gasteiger partial charge in [-0.05, 0) is 30.0 Å². The Morgan fingerprint density at radius 2 is 1.79 bits per heavy atom. The topological polar surface area (TPSA) is 83.1 Å². The number of carbonyl (C=O) groups excluding carboxylic acids is 2. The standard InChI is InChI=1S/C17H22N4O2S/c1-5-18-14(22)13-10-24-16(20-13)21-15(23)19-12-8-6-11(7-9-12)17(2,3)4/h6-10H,5H2,1-4H3,(H,18,22)(H2,19,20,21,23). The van der Waals surface area contributed by atoms with Crippen LogP contribution in [0.2, 0.25) is 0 Å². The Morgan fingerprint density at radius 3 is 2.38 bits per heavy atom. The summed E-state index contributed by atoms with van der Waals surface area (Å²) in [5.41, 5.74) is 2.25. The lowest BCUT2D eigenvalue weighted by molar-refractivity contribution is 0.0951. The van der Waals surface area contributed by atoms with Gasteiger partial charge in [-0.15, -0.1) is 11.3 Å². The van der Waals surface area contributed by atoms with Gasteiger partial charge in [-0.1, -0.05) is 32.9 Å². The van der Waals surface area contributed by atoms with Crippen molar-refractivity contribution >= 4 is 34.1 Å². The normalized spacial score (nSPS) is 11.0. The van der Waals surface area contributed by atoms with Crippen LogP contribution < -0.4 is 16.0 Å². The third-order valence-corrected chi connectivity index (χ3v) is 4.06. The van der Waals surface area contributed by atoms with Crippen molar-refractivity contribution in [1.29, 1.82) is 0 Å². The van der Waals surface area contributed by atoms with E-state index in [1.807, 2.05) is 31.2 Å². The number of benzene rings is 1. The Morgan fingerprint density at radius 1 is 1.12 bits per heavy atom. The minimum atomic E-state index is -0.393. The SMILES string of the molecule is CCNC(=O)c1csc(NC(=O)Nc2ccc(C(C)(C)C)cc2)n1. The lowest BCUT2D eigenvalue weighted by Gasteiger charge is -2.19. The molecule has 0 bridgehead atoms. The number of hydrogen-bond donors (Lipinski definition) is 3. The monoisotopic (exact) mass is 346 g/mol. The van der Waals surface area contributed by atoms with E-state index >= 15 is 0 Å². The molecule has 2 aromatic rings. The van der Waals surface area contributed by atoms with Gasteiger partial charge in [0, 0.05) is 17.6 Å². The fourth-order valence-electron chi connectivity index (χ4n) is 2.00. The van der Waals surface area contributed by atoms with Gasteiger partial charge in [0.2, 0.25) is 0 Å². The van der Waals surface area contributed by atoms with Gasteiger partial charge in [-0.25, -0.2) is 9.78 Å². The van der Waals surface area contributed by atoms with Crippen LogP contribution in [0.3, 0.4) is 0 Å². The molecule has 0 spiro atoms. The molecule has 0 aliphatic heterocycles. The highest BCUT2D eigenvalue weighted by Gasteiger charge is 2.14. The zero-order chi connectivity index (χ0) is 17.7. The molecule has 0 unspecified atom stereocenters. The fraction of sp³-hybridized carbons (Fsp3) is 0.353. The number of amides is 3. The number of nitrogens with zero attached hydrogens (tertiary/aromatic N) is 1. The molecule has 0 fully saturated rings. The largest absolute Gasteiger partial charge is 0.351 e. The third-order valence-electron chi connectivity index (χ3n) is 3.30. The van der Waals surface area contributed by atoms with E-state index in [2.05, 4.69) is 41.7 Å². The van der Waals surface area contributed by atoms with Gasteiger partial charge in [0.15, 0.2) is 5.13 Å². The van der Waals surface area contributed by atoms with Gasteiger partial charge in [-0.3, -0.25) is 10.1 Å². The van der Waals surface area contributed by atoms with E-state index in [1.165, 1.54) is 16.9 Å². The molecule has 0 radical (unpaired) electrons. The van der Waals surface area contributed by atoms with Crippen molar-refractivity contribution in [2.75, 3.05) is 17.2 Å². The fourth-order valence-corrected chi connectivity index (χ4v) is 2.69. The molecule has 0 atom stereocenters. The first-order chi connectivity index (χ1) is 11.3. The van der Waals surface area contributed by atoms with Crippen LogP contribution in [0.25, 0.3) is 0 Å². The molecule has 7 heteroatoms. The van der Waals surface area contributed by atoms with Crippen LogP contribution in [0.5, 0.6) is 0 Å². The van der Waals surface area contributed by atoms with E-state index in [9.17, 15) is 9.59 Å². The van der Waals surface area contributed by atoms with E-state index in [-0.39, 0.29) is 11.3 Å². The summed E-state index contributed by atoms with van der Waals surface area (Å²) in [6.07, 6.45) is 0. The third kappa shape index (κ3) is 4.79. The quantitative estimate of drug-likeness (QED) is 0.786. The number of carbonyl (C=O) groups is 2. The molecule has 6 nitrogen and oxygen atoms in total. The minimum Gasteiger partial charge on any atom is -0.351 e. The summed E-state index contributed by atoms with van der Waals surface area (Å²) in [4.78, 5) is 27.8. The Bertz CT molecular complexity index is 717. The van der Waals surface area contributed by atoms with Gasteiger partial charge in [-0.2, -0.15) is 0 Å². The van der Waals surface area contributed by atoms with Gasteiger partial charge in [0.05, 0.1) is 0 Å². The zero-order valence-electron chi connectivity index (χ0n) is 14.3. The van der Waals surface area contributed by atoms with Crippen molar-refractivity contribution in [2.24, 2.45) is 0 Å². The summed E-state index contributed by atoms with van der Waals surface area (Å²) < 4.78 is 0. The molecule has 1 heterocycles. The van der Waals surface area contributed by atoms with Crippen molar-refractivity contribution in [3.05, 3.63) is 40.9 Å². The zero-order valence-corrected chi connectivity index (χ0v) is 15.1. The molecular weight excluding hydrogens is 324 g/mol. The molecule has 0 saturated carbocycles. The highest BCUT2D eigenvalue weighted by molar-refractivity contribution is 7.14. The van der Waals surface area contributed by atoms with E-state index in [4.69, 9.17) is 0 Å². The predicted molar refractivity (Wildman–Crippen MR) is 97.9 cm³/mol. The Hall–Kier alpha value is -2.41. The van der Waals surface area contributed by atoms with Gasteiger partial charge in [0.1, 0.15) is 5.69 Å². The highest BCUT2D eigenvalue weighted by Crippen LogP contribution is 2.23. The lowest BCUT2D eigenvalue weighted by atomic mass is 9.87. The van der Waals surface area contributed by atoms with Crippen molar-refractivity contribution in [3.8, 4) is 0 Å². The number of rotatable bonds is 4. The van der Waals surface area contributed by atoms with Gasteiger partial charge in [0.25, 0.3) is 5.91 Å². The molecule has 1 aromatic heterocycles. The smallest absolute Gasteiger partial charge is 0.325 e. The number of urea groups is 1. The molecule has 3 amide bonds. The molecule has 128 valence electrons. The second-order valence-electron chi connectivity index (χ2n) is 6.30. The van der Waals surface area contributed by atoms with Gasteiger partial charge < -0.3 is 10.6 Å². The van der Waals surface area contributed by atoms with E-state index < -0.39 is 6.03 Å². The Labute approximate surface area is 145 Å². The summed E-state index contributed by atoms with van der Waals surface area (Å²) in [5.74, 6) is -0.250. The number of aromatic nitrogens is 1. The summed E-state index contributed by atoms with van der Waals surface area (Å²) in [7, 11) is 0. The van der Waals surface area contributed by atoms with Crippen LogP contribution in [0.4, 0.5) is 15.6 Å². The van der Waals surface area contributed by atoms with E-state index in [0.717, 1.165) is 0 Å². The van der Waals surface area contributed by atoms with Crippen LogP contribution in [0.15, 0.2) is 29.6 Å². The van der Waals surface area contributed by atoms with Crippen molar-refractivity contribution < 1.29 is 9.59 Å². The molecule has 0 aliphatic rings. The van der Waals surface area contributed by atoms with E-state index in [1.54, 1.807) is 5.38 Å². The van der Waals surface area contributed by atoms with Crippen LogP contribution in [0, 0.1) is 0 Å². The average molecular weight is 346 g/mol. The molecule has 0 aliphatic carbocycles. The summed E-state index contributed by atoms with van der Waals surface area (Å²) in [6.45, 7) is 8.77. The van der Waals surface area contributed by atoms with Crippen LogP contribution in [-0.2, 0) is 5.41 Å². The lowest BCUT2D eigenvalue weighted by Crippen LogP contribution is -2.23. The van der Waals surface area contributed by atoms with E-state index in [0.29, 0.717) is 23.1 Å². The maximum Gasteiger partial charge on any atom is 0.325 e. The molecular formula is C17H22N4O2S. The predicted octanol–water partition coefficient (Wildman–Crippen LogP) is 3.83. The summed E-state index contributed by atoms with van der Waals surface area (Å²) in [5, 5.41) is 10.0. The van der Waals surface area contributed by atoms with Crippen LogP contribution in [-0.4, -0.2) is 23.5 Å². The highest BCUT2D eigenvalue weighted by atomic mass is 32.1. The number of thiazole rings is 1. The molecule has 24 heavy (non-hydrogen) atoms. The number of anilines is 2. The molecule has 2 rings (SSSR count). The molecule has 0 saturated heterocycles. The first kappa shape index (κ1) is 17.9.